The van der Waals surface area contributed by atoms with Crippen LogP contribution in [0.5, 0.6) is 0 Å². The predicted molar refractivity (Wildman–Crippen MR) is 77.4 cm³/mol. The first kappa shape index (κ1) is 14.3. The number of aromatic nitrogens is 1. The fourth-order valence-electron chi connectivity index (χ4n) is 2.12. The number of anilines is 1. The summed E-state index contributed by atoms with van der Waals surface area (Å²) in [4.78, 5) is 6.15. The van der Waals surface area contributed by atoms with E-state index in [0.717, 1.165) is 12.1 Å². The van der Waals surface area contributed by atoms with Crippen LogP contribution in [0.25, 0.3) is 11.7 Å². The van der Waals surface area contributed by atoms with E-state index in [1.54, 1.807) is 37.3 Å². The van der Waals surface area contributed by atoms with Crippen LogP contribution in [-0.4, -0.2) is 12.0 Å². The maximum absolute atomic E-state index is 13.3. The molecule has 0 N–H and O–H groups in total. The van der Waals surface area contributed by atoms with Crippen molar-refractivity contribution in [2.75, 3.05) is 11.9 Å². The van der Waals surface area contributed by atoms with Crippen LogP contribution >= 0.6 is 0 Å². The van der Waals surface area contributed by atoms with E-state index in [2.05, 4.69) is 4.98 Å². The highest BCUT2D eigenvalue weighted by atomic mass is 19.2. The molecule has 0 spiro atoms. The Morgan fingerprint density at radius 3 is 2.68 bits per heavy atom. The average Bonchev–Trinajstić information content (AvgIpc) is 3.12. The predicted octanol–water partition coefficient (Wildman–Crippen LogP) is 4.16. The van der Waals surface area contributed by atoms with Gasteiger partial charge < -0.3 is 13.7 Å². The average molecular weight is 304 g/mol. The molecule has 2 aromatic heterocycles. The van der Waals surface area contributed by atoms with Gasteiger partial charge >= 0.3 is 0 Å². The van der Waals surface area contributed by atoms with Gasteiger partial charge in [0.2, 0.25) is 0 Å². The Morgan fingerprint density at radius 1 is 1.18 bits per heavy atom. The molecular formula is C16H14F2N2O2. The second kappa shape index (κ2) is 5.63. The molecule has 22 heavy (non-hydrogen) atoms. The lowest BCUT2D eigenvalue weighted by Gasteiger charge is -2.18. The van der Waals surface area contributed by atoms with Gasteiger partial charge in [0.15, 0.2) is 17.4 Å². The number of furan rings is 1. The van der Waals surface area contributed by atoms with Crippen LogP contribution in [0.4, 0.5) is 14.5 Å². The summed E-state index contributed by atoms with van der Waals surface area (Å²) in [6, 6.07) is 7.28. The summed E-state index contributed by atoms with van der Waals surface area (Å²) in [6.45, 7) is 2.20. The molecule has 0 fully saturated rings. The van der Waals surface area contributed by atoms with E-state index in [9.17, 15) is 8.78 Å². The van der Waals surface area contributed by atoms with Gasteiger partial charge in [0.1, 0.15) is 11.5 Å². The van der Waals surface area contributed by atoms with Crippen molar-refractivity contribution in [2.45, 2.75) is 13.5 Å². The van der Waals surface area contributed by atoms with Crippen molar-refractivity contribution in [3.05, 3.63) is 59.7 Å². The van der Waals surface area contributed by atoms with Gasteiger partial charge in [-0.25, -0.2) is 13.8 Å². The number of halogens is 2. The van der Waals surface area contributed by atoms with Crippen molar-refractivity contribution < 1.29 is 17.6 Å². The first-order valence-electron chi connectivity index (χ1n) is 6.71. The van der Waals surface area contributed by atoms with Crippen LogP contribution in [0.2, 0.25) is 0 Å². The van der Waals surface area contributed by atoms with Crippen LogP contribution in [0.15, 0.2) is 45.4 Å². The largest absolute Gasteiger partial charge is 0.459 e. The Morgan fingerprint density at radius 2 is 2.00 bits per heavy atom. The third kappa shape index (κ3) is 2.72. The van der Waals surface area contributed by atoms with Gasteiger partial charge in [0, 0.05) is 18.8 Å². The van der Waals surface area contributed by atoms with E-state index in [-0.39, 0.29) is 0 Å². The Kier molecular flexibility index (Phi) is 3.66. The Hall–Kier alpha value is -2.63. The summed E-state index contributed by atoms with van der Waals surface area (Å²) in [5.41, 5.74) is 1.26. The molecule has 0 saturated heterocycles. The molecule has 4 nitrogen and oxygen atoms in total. The summed E-state index contributed by atoms with van der Waals surface area (Å²) in [6.07, 6.45) is 1.54. The fourth-order valence-corrected chi connectivity index (χ4v) is 2.12. The maximum atomic E-state index is 13.3. The van der Waals surface area contributed by atoms with Crippen LogP contribution in [0.1, 0.15) is 11.5 Å². The van der Waals surface area contributed by atoms with Gasteiger partial charge in [0.05, 0.1) is 12.8 Å². The minimum absolute atomic E-state index is 0.399. The van der Waals surface area contributed by atoms with Crippen molar-refractivity contribution in [3.8, 4) is 11.7 Å². The molecule has 0 aliphatic carbocycles. The van der Waals surface area contributed by atoms with E-state index >= 15 is 0 Å². The number of hydrogen-bond acceptors (Lipinski definition) is 4. The van der Waals surface area contributed by atoms with E-state index in [0.29, 0.717) is 35.3 Å². The topological polar surface area (TPSA) is 42.4 Å². The first-order valence-corrected chi connectivity index (χ1v) is 6.71. The number of oxazole rings is 1. The van der Waals surface area contributed by atoms with Crippen LogP contribution in [-0.2, 0) is 6.54 Å². The molecule has 6 heteroatoms. The van der Waals surface area contributed by atoms with Crippen molar-refractivity contribution in [1.29, 1.82) is 0 Å². The van der Waals surface area contributed by atoms with Gasteiger partial charge in [-0.2, -0.15) is 0 Å². The van der Waals surface area contributed by atoms with E-state index in [1.807, 2.05) is 0 Å². The third-order valence-corrected chi connectivity index (χ3v) is 3.36. The van der Waals surface area contributed by atoms with Gasteiger partial charge in [-0.05, 0) is 31.2 Å². The van der Waals surface area contributed by atoms with Crippen LogP contribution in [0.3, 0.4) is 0 Å². The highest BCUT2D eigenvalue weighted by molar-refractivity contribution is 5.48. The summed E-state index contributed by atoms with van der Waals surface area (Å²) < 4.78 is 37.1. The Labute approximate surface area is 126 Å². The number of rotatable bonds is 4. The van der Waals surface area contributed by atoms with Crippen molar-refractivity contribution in [1.82, 2.24) is 4.98 Å². The molecule has 0 bridgehead atoms. The van der Waals surface area contributed by atoms with Crippen molar-refractivity contribution in [2.24, 2.45) is 0 Å². The van der Waals surface area contributed by atoms with Gasteiger partial charge in [-0.1, -0.05) is 0 Å². The van der Waals surface area contributed by atoms with Gasteiger partial charge in [-0.3, -0.25) is 0 Å². The lowest BCUT2D eigenvalue weighted by molar-refractivity contribution is 0.499. The lowest BCUT2D eigenvalue weighted by atomic mass is 10.2. The summed E-state index contributed by atoms with van der Waals surface area (Å²) in [5.74, 6) is -0.144. The zero-order chi connectivity index (χ0) is 15.7. The number of hydrogen-bond donors (Lipinski definition) is 0. The fraction of sp³-hybridized carbons (Fsp3) is 0.188. The molecule has 114 valence electrons. The highest BCUT2D eigenvalue weighted by Gasteiger charge is 2.15. The number of aryl methyl sites for hydroxylation is 1. The molecule has 0 unspecified atom stereocenters. The molecular weight excluding hydrogens is 290 g/mol. The molecule has 1 aromatic carbocycles. The molecule has 0 amide bonds. The van der Waals surface area contributed by atoms with Crippen molar-refractivity contribution >= 4 is 5.69 Å². The molecule has 0 saturated carbocycles. The Bertz CT molecular complexity index is 782. The van der Waals surface area contributed by atoms with Crippen LogP contribution < -0.4 is 4.90 Å². The summed E-state index contributed by atoms with van der Waals surface area (Å²) in [5, 5.41) is 0. The minimum Gasteiger partial charge on any atom is -0.459 e. The number of nitrogens with zero attached hydrogens (tertiary/aromatic N) is 2. The van der Waals surface area contributed by atoms with Crippen molar-refractivity contribution in [3.63, 3.8) is 0 Å². The minimum atomic E-state index is -0.877. The zero-order valence-corrected chi connectivity index (χ0v) is 12.1. The SMILES string of the molecule is Cc1oc(-c2ccco2)nc1CN(C)c1ccc(F)c(F)c1. The summed E-state index contributed by atoms with van der Waals surface area (Å²) >= 11 is 0. The quantitative estimate of drug-likeness (QED) is 0.726. The molecule has 2 heterocycles. The van der Waals surface area contributed by atoms with Gasteiger partial charge in [0.25, 0.3) is 5.89 Å². The monoisotopic (exact) mass is 304 g/mol. The molecule has 0 atom stereocenters. The number of benzene rings is 1. The summed E-state index contributed by atoms with van der Waals surface area (Å²) in [7, 11) is 1.77. The van der Waals surface area contributed by atoms with Crippen LogP contribution in [0, 0.1) is 18.6 Å². The molecule has 3 aromatic rings. The molecule has 0 radical (unpaired) electrons. The first-order chi connectivity index (χ1) is 10.5. The van der Waals surface area contributed by atoms with E-state index in [4.69, 9.17) is 8.83 Å². The lowest BCUT2D eigenvalue weighted by Crippen LogP contribution is -2.17. The highest BCUT2D eigenvalue weighted by Crippen LogP contribution is 2.24. The molecule has 0 aliphatic rings. The van der Waals surface area contributed by atoms with E-state index in [1.165, 1.54) is 6.07 Å². The zero-order valence-electron chi connectivity index (χ0n) is 12.1. The maximum Gasteiger partial charge on any atom is 0.263 e. The Balaban J connectivity index is 1.82. The molecule has 3 rings (SSSR count). The second-order valence-electron chi connectivity index (χ2n) is 4.95. The molecule has 0 aliphatic heterocycles. The second-order valence-corrected chi connectivity index (χ2v) is 4.95. The standard InChI is InChI=1S/C16H14F2N2O2/c1-10-14(19-16(22-10)15-4-3-7-21-15)9-20(2)11-5-6-12(17)13(18)8-11/h3-8H,9H2,1-2H3. The smallest absolute Gasteiger partial charge is 0.263 e. The van der Waals surface area contributed by atoms with Gasteiger partial charge in [-0.15, -0.1) is 0 Å². The van der Waals surface area contributed by atoms with E-state index < -0.39 is 11.6 Å². The normalized spacial score (nSPS) is 10.9. The third-order valence-electron chi connectivity index (χ3n) is 3.36.